The van der Waals surface area contributed by atoms with Gasteiger partial charge >= 0.3 is 5.97 Å². The van der Waals surface area contributed by atoms with Crippen molar-refractivity contribution in [2.45, 2.75) is 26.7 Å². The molecule has 0 aliphatic carbocycles. The van der Waals surface area contributed by atoms with E-state index in [2.05, 4.69) is 19.9 Å². The number of nitrogens with zero attached hydrogens (tertiary/aromatic N) is 1. The Labute approximate surface area is 226 Å². The second kappa shape index (κ2) is 10.5. The summed E-state index contributed by atoms with van der Waals surface area (Å²) < 4.78 is 28.6. The van der Waals surface area contributed by atoms with Gasteiger partial charge in [-0.1, -0.05) is 44.2 Å². The highest BCUT2D eigenvalue weighted by atomic mass is 16.5. The Morgan fingerprint density at radius 3 is 2.62 bits per heavy atom. The first-order chi connectivity index (χ1) is 18.8. The van der Waals surface area contributed by atoms with Crippen molar-refractivity contribution in [3.63, 3.8) is 0 Å². The summed E-state index contributed by atoms with van der Waals surface area (Å²) in [6, 6.07) is 20.1. The van der Waals surface area contributed by atoms with Gasteiger partial charge in [0.2, 0.25) is 11.6 Å². The SMILES string of the molecule is COc1cc(C2C(C#N)=C(N)Oc3cc(OC(=O)c4oc5ccccc5c4C)ccc32)ccc1OCC(C)C. The second-order valence-electron chi connectivity index (χ2n) is 9.68. The average molecular weight is 525 g/mol. The first kappa shape index (κ1) is 25.7. The van der Waals surface area contributed by atoms with Gasteiger partial charge in [0.15, 0.2) is 11.5 Å². The van der Waals surface area contributed by atoms with Gasteiger partial charge in [0.1, 0.15) is 28.7 Å². The van der Waals surface area contributed by atoms with Crippen molar-refractivity contribution in [3.05, 3.63) is 94.6 Å². The monoisotopic (exact) mass is 524 g/mol. The summed E-state index contributed by atoms with van der Waals surface area (Å²) in [7, 11) is 1.57. The molecule has 0 amide bonds. The minimum atomic E-state index is -0.626. The number of nitriles is 1. The molecule has 2 heterocycles. The van der Waals surface area contributed by atoms with Crippen LogP contribution in [0.2, 0.25) is 0 Å². The van der Waals surface area contributed by atoms with Crippen LogP contribution in [0, 0.1) is 24.2 Å². The van der Waals surface area contributed by atoms with Gasteiger partial charge in [0.05, 0.1) is 19.6 Å². The van der Waals surface area contributed by atoms with Crippen LogP contribution in [-0.2, 0) is 0 Å². The minimum Gasteiger partial charge on any atom is -0.493 e. The van der Waals surface area contributed by atoms with E-state index >= 15 is 0 Å². The smallest absolute Gasteiger partial charge is 0.379 e. The van der Waals surface area contributed by atoms with Gasteiger partial charge in [-0.2, -0.15) is 5.26 Å². The van der Waals surface area contributed by atoms with E-state index < -0.39 is 11.9 Å². The molecule has 0 spiro atoms. The van der Waals surface area contributed by atoms with Crippen molar-refractivity contribution in [1.29, 1.82) is 5.26 Å². The molecule has 2 N–H and O–H groups in total. The Bertz CT molecular complexity index is 1640. The maximum absolute atomic E-state index is 13.0. The van der Waals surface area contributed by atoms with Gasteiger partial charge in [0.25, 0.3) is 0 Å². The molecule has 5 rings (SSSR count). The summed E-state index contributed by atoms with van der Waals surface area (Å²) in [5, 5.41) is 10.8. The van der Waals surface area contributed by atoms with Crippen molar-refractivity contribution < 1.29 is 28.2 Å². The molecular formula is C31H28N2O6. The maximum atomic E-state index is 13.0. The molecule has 1 aromatic heterocycles. The third-order valence-electron chi connectivity index (χ3n) is 6.52. The number of allylic oxidation sites excluding steroid dienone is 1. The quantitative estimate of drug-likeness (QED) is 0.224. The van der Waals surface area contributed by atoms with Gasteiger partial charge in [0, 0.05) is 22.6 Å². The molecule has 3 aromatic carbocycles. The van der Waals surface area contributed by atoms with Gasteiger partial charge < -0.3 is 29.1 Å². The molecule has 0 saturated carbocycles. The normalized spacial score (nSPS) is 14.5. The van der Waals surface area contributed by atoms with Crippen LogP contribution in [0.3, 0.4) is 0 Å². The number of carbonyl (C=O) groups is 1. The molecule has 1 atom stereocenters. The number of ether oxygens (including phenoxy) is 4. The molecule has 4 aromatic rings. The van der Waals surface area contributed by atoms with Gasteiger partial charge in [-0.15, -0.1) is 0 Å². The van der Waals surface area contributed by atoms with Crippen LogP contribution in [0.15, 0.2) is 76.5 Å². The highest BCUT2D eigenvalue weighted by Gasteiger charge is 2.32. The number of aryl methyl sites for hydroxylation is 1. The lowest BCUT2D eigenvalue weighted by Gasteiger charge is -2.27. The van der Waals surface area contributed by atoms with E-state index in [4.69, 9.17) is 29.1 Å². The van der Waals surface area contributed by atoms with Crippen molar-refractivity contribution in [3.8, 4) is 29.1 Å². The Kier molecular flexibility index (Phi) is 6.90. The first-order valence-corrected chi connectivity index (χ1v) is 12.5. The van der Waals surface area contributed by atoms with Crippen LogP contribution in [0.25, 0.3) is 11.0 Å². The molecule has 1 aliphatic heterocycles. The second-order valence-corrected chi connectivity index (χ2v) is 9.68. The van der Waals surface area contributed by atoms with E-state index in [0.29, 0.717) is 46.5 Å². The standard InChI is InChI=1S/C31H28N2O6/c1-17(2)16-36-25-12-9-19(13-27(25)35-4)28-22-11-10-20(14-26(22)39-30(33)23(28)15-32)37-31(34)29-18(3)21-7-5-6-8-24(21)38-29/h5-14,17,28H,16,33H2,1-4H3. The fourth-order valence-corrected chi connectivity index (χ4v) is 4.60. The Hall–Kier alpha value is -4.90. The molecule has 1 unspecified atom stereocenters. The van der Waals surface area contributed by atoms with E-state index in [9.17, 15) is 10.1 Å². The predicted molar refractivity (Wildman–Crippen MR) is 145 cm³/mol. The van der Waals surface area contributed by atoms with E-state index in [-0.39, 0.29) is 23.0 Å². The van der Waals surface area contributed by atoms with Crippen LogP contribution < -0.4 is 24.7 Å². The first-order valence-electron chi connectivity index (χ1n) is 12.5. The number of hydrogen-bond donors (Lipinski definition) is 1. The molecule has 0 radical (unpaired) electrons. The number of para-hydroxylation sites is 1. The number of nitrogens with two attached hydrogens (primary N) is 1. The van der Waals surface area contributed by atoms with E-state index in [1.54, 1.807) is 31.4 Å². The largest absolute Gasteiger partial charge is 0.493 e. The number of methoxy groups -OCH3 is 1. The molecule has 8 nitrogen and oxygen atoms in total. The van der Waals surface area contributed by atoms with Crippen molar-refractivity contribution >= 4 is 16.9 Å². The van der Waals surface area contributed by atoms with E-state index in [1.165, 1.54) is 0 Å². The molecule has 198 valence electrons. The summed E-state index contributed by atoms with van der Waals surface area (Å²) in [5.74, 6) is 1.10. The van der Waals surface area contributed by atoms with Gasteiger partial charge in [-0.25, -0.2) is 4.79 Å². The lowest BCUT2D eigenvalue weighted by Crippen LogP contribution is -2.21. The number of rotatable bonds is 7. The molecule has 0 fully saturated rings. The van der Waals surface area contributed by atoms with E-state index in [1.807, 2.05) is 43.3 Å². The molecule has 39 heavy (non-hydrogen) atoms. The fourth-order valence-electron chi connectivity index (χ4n) is 4.60. The van der Waals surface area contributed by atoms with Crippen LogP contribution in [0.5, 0.6) is 23.0 Å². The number of carbonyl (C=O) groups excluding carboxylic acids is 1. The predicted octanol–water partition coefficient (Wildman–Crippen LogP) is 6.22. The van der Waals surface area contributed by atoms with Gasteiger partial charge in [-0.05, 0) is 42.7 Å². The minimum absolute atomic E-state index is 0.0225. The average Bonchev–Trinajstić information content (AvgIpc) is 3.27. The Morgan fingerprint density at radius 2 is 1.90 bits per heavy atom. The number of furan rings is 1. The van der Waals surface area contributed by atoms with Crippen molar-refractivity contribution in [2.24, 2.45) is 11.7 Å². The topological polar surface area (TPSA) is 117 Å². The Morgan fingerprint density at radius 1 is 1.10 bits per heavy atom. The molecule has 0 bridgehead atoms. The lowest BCUT2D eigenvalue weighted by atomic mass is 9.83. The third-order valence-corrected chi connectivity index (χ3v) is 6.52. The van der Waals surface area contributed by atoms with Gasteiger partial charge in [-0.3, -0.25) is 0 Å². The Balaban J connectivity index is 1.47. The number of esters is 1. The highest BCUT2D eigenvalue weighted by molar-refractivity contribution is 5.96. The van der Waals surface area contributed by atoms with Crippen LogP contribution in [-0.4, -0.2) is 19.7 Å². The summed E-state index contributed by atoms with van der Waals surface area (Å²) in [6.45, 7) is 6.48. The fraction of sp³-hybridized carbons (Fsp3) is 0.226. The summed E-state index contributed by atoms with van der Waals surface area (Å²) >= 11 is 0. The molecule has 1 aliphatic rings. The van der Waals surface area contributed by atoms with Crippen LogP contribution >= 0.6 is 0 Å². The number of hydrogen-bond acceptors (Lipinski definition) is 8. The molecular weight excluding hydrogens is 496 g/mol. The lowest BCUT2D eigenvalue weighted by molar-refractivity contribution is 0.0702. The number of fused-ring (bicyclic) bond motifs is 2. The number of benzene rings is 3. The zero-order valence-electron chi connectivity index (χ0n) is 22.1. The van der Waals surface area contributed by atoms with Crippen molar-refractivity contribution in [2.75, 3.05) is 13.7 Å². The molecule has 0 saturated heterocycles. The third kappa shape index (κ3) is 4.87. The van der Waals surface area contributed by atoms with Crippen LogP contribution in [0.1, 0.15) is 47.0 Å². The van der Waals surface area contributed by atoms with Crippen LogP contribution in [0.4, 0.5) is 0 Å². The highest BCUT2D eigenvalue weighted by Crippen LogP contribution is 2.45. The summed E-state index contributed by atoms with van der Waals surface area (Å²) in [6.07, 6.45) is 0. The maximum Gasteiger partial charge on any atom is 0.379 e. The zero-order valence-corrected chi connectivity index (χ0v) is 22.1. The summed E-state index contributed by atoms with van der Waals surface area (Å²) in [5.41, 5.74) is 9.22. The van der Waals surface area contributed by atoms with Crippen molar-refractivity contribution in [1.82, 2.24) is 0 Å². The van der Waals surface area contributed by atoms with E-state index in [0.717, 1.165) is 10.9 Å². The summed E-state index contributed by atoms with van der Waals surface area (Å²) in [4.78, 5) is 13.0. The molecule has 8 heteroatoms. The zero-order chi connectivity index (χ0) is 27.7.